The number of thiophene rings is 1. The second kappa shape index (κ2) is 8.45. The fraction of sp³-hybridized carbons (Fsp3) is 0.130. The Labute approximate surface area is 187 Å². The van der Waals surface area contributed by atoms with Gasteiger partial charge >= 0.3 is 0 Å². The number of carbonyl (C=O) groups is 2. The standard InChI is InChI=1S/C23H18ClNO5S/c1-2-30-17-12-13(9-10-14(17)24)21(27)19-20(18-8-5-11-31-18)25(23(29)22(19)28)15-6-3-4-7-16(15)26/h3-12,20,26-27H,2H2,1H3/b21-19-. The van der Waals surface area contributed by atoms with Crippen LogP contribution in [0.4, 0.5) is 5.69 Å². The summed E-state index contributed by atoms with van der Waals surface area (Å²) in [5, 5.41) is 23.6. The van der Waals surface area contributed by atoms with Gasteiger partial charge in [-0.05, 0) is 48.7 Å². The Hall–Kier alpha value is -3.29. The number of hydrogen-bond donors (Lipinski definition) is 2. The number of amides is 1. The normalized spacial score (nSPS) is 17.9. The van der Waals surface area contributed by atoms with Gasteiger partial charge in [-0.15, -0.1) is 11.3 Å². The molecule has 6 nitrogen and oxygen atoms in total. The maximum atomic E-state index is 13.1. The molecule has 1 atom stereocenters. The predicted octanol–water partition coefficient (Wildman–Crippen LogP) is 5.13. The zero-order valence-corrected chi connectivity index (χ0v) is 18.0. The summed E-state index contributed by atoms with van der Waals surface area (Å²) in [5.41, 5.74) is 0.415. The highest BCUT2D eigenvalue weighted by Gasteiger charge is 2.48. The summed E-state index contributed by atoms with van der Waals surface area (Å²) in [4.78, 5) is 28.0. The summed E-state index contributed by atoms with van der Waals surface area (Å²) in [5.74, 6) is -1.80. The number of rotatable bonds is 5. The van der Waals surface area contributed by atoms with Crippen molar-refractivity contribution in [3.05, 3.63) is 81.0 Å². The summed E-state index contributed by atoms with van der Waals surface area (Å²) in [6.45, 7) is 2.17. The number of para-hydroxylation sites is 2. The molecular formula is C23H18ClNO5S. The number of aromatic hydroxyl groups is 1. The summed E-state index contributed by atoms with van der Waals surface area (Å²) >= 11 is 7.48. The molecule has 0 bridgehead atoms. The number of aliphatic hydroxyl groups excluding tert-OH is 1. The minimum Gasteiger partial charge on any atom is -0.507 e. The molecule has 0 radical (unpaired) electrons. The highest BCUT2D eigenvalue weighted by molar-refractivity contribution is 7.10. The molecule has 1 fully saturated rings. The first kappa shape index (κ1) is 21.0. The third-order valence-corrected chi connectivity index (χ3v) is 6.14. The molecule has 1 unspecified atom stereocenters. The van der Waals surface area contributed by atoms with Crippen LogP contribution < -0.4 is 9.64 Å². The van der Waals surface area contributed by atoms with E-state index in [9.17, 15) is 19.8 Å². The second-order valence-corrected chi connectivity index (χ2v) is 8.14. The predicted molar refractivity (Wildman–Crippen MR) is 120 cm³/mol. The lowest BCUT2D eigenvalue weighted by atomic mass is 9.99. The van der Waals surface area contributed by atoms with Crippen LogP contribution in [0.1, 0.15) is 23.4 Å². The number of carbonyl (C=O) groups excluding carboxylic acids is 2. The maximum Gasteiger partial charge on any atom is 0.300 e. The Kier molecular flexibility index (Phi) is 5.71. The Morgan fingerprint density at radius 3 is 2.61 bits per heavy atom. The lowest BCUT2D eigenvalue weighted by Crippen LogP contribution is -2.29. The first-order chi connectivity index (χ1) is 14.9. The molecule has 4 rings (SSSR count). The lowest BCUT2D eigenvalue weighted by Gasteiger charge is -2.24. The number of hydrogen-bond acceptors (Lipinski definition) is 6. The van der Waals surface area contributed by atoms with Crippen LogP contribution in [0, 0.1) is 0 Å². The number of ether oxygens (including phenoxy) is 1. The maximum absolute atomic E-state index is 13.1. The number of phenols is 1. The quantitative estimate of drug-likeness (QED) is 0.316. The third kappa shape index (κ3) is 3.66. The van der Waals surface area contributed by atoms with Crippen molar-refractivity contribution in [2.75, 3.05) is 11.5 Å². The van der Waals surface area contributed by atoms with Gasteiger partial charge < -0.3 is 14.9 Å². The molecule has 0 spiro atoms. The van der Waals surface area contributed by atoms with E-state index < -0.39 is 17.7 Å². The van der Waals surface area contributed by atoms with Gasteiger partial charge in [0.25, 0.3) is 11.7 Å². The molecule has 1 aliphatic heterocycles. The minimum absolute atomic E-state index is 0.0690. The number of halogens is 1. The lowest BCUT2D eigenvalue weighted by molar-refractivity contribution is -0.132. The number of aliphatic hydroxyl groups is 1. The molecule has 3 aromatic rings. The second-order valence-electron chi connectivity index (χ2n) is 6.75. The van der Waals surface area contributed by atoms with E-state index in [1.165, 1.54) is 28.4 Å². The van der Waals surface area contributed by atoms with Gasteiger partial charge in [-0.2, -0.15) is 0 Å². The van der Waals surface area contributed by atoms with E-state index in [4.69, 9.17) is 16.3 Å². The van der Waals surface area contributed by atoms with E-state index in [0.717, 1.165) is 0 Å². The first-order valence-electron chi connectivity index (χ1n) is 9.49. The average Bonchev–Trinajstić information content (AvgIpc) is 3.37. The zero-order chi connectivity index (χ0) is 22.1. The van der Waals surface area contributed by atoms with Gasteiger partial charge in [-0.25, -0.2) is 0 Å². The van der Waals surface area contributed by atoms with Gasteiger partial charge in [0.15, 0.2) is 0 Å². The average molecular weight is 456 g/mol. The molecule has 2 heterocycles. The van der Waals surface area contributed by atoms with E-state index >= 15 is 0 Å². The van der Waals surface area contributed by atoms with Crippen molar-refractivity contribution in [2.24, 2.45) is 0 Å². The van der Waals surface area contributed by atoms with E-state index in [1.807, 2.05) is 5.38 Å². The SMILES string of the molecule is CCOc1cc(/C(O)=C2/C(=O)C(=O)N(c3ccccc3O)C2c2cccs2)ccc1Cl. The molecule has 31 heavy (non-hydrogen) atoms. The van der Waals surface area contributed by atoms with Crippen molar-refractivity contribution in [3.8, 4) is 11.5 Å². The number of nitrogens with zero attached hydrogens (tertiary/aromatic N) is 1. The molecule has 8 heteroatoms. The van der Waals surface area contributed by atoms with Crippen LogP contribution >= 0.6 is 22.9 Å². The van der Waals surface area contributed by atoms with Gasteiger partial charge in [0.2, 0.25) is 0 Å². The van der Waals surface area contributed by atoms with Crippen LogP contribution in [0.3, 0.4) is 0 Å². The van der Waals surface area contributed by atoms with Crippen LogP contribution in [0.15, 0.2) is 65.6 Å². The van der Waals surface area contributed by atoms with E-state index in [2.05, 4.69) is 0 Å². The van der Waals surface area contributed by atoms with Gasteiger partial charge in [0.05, 0.1) is 22.9 Å². The van der Waals surface area contributed by atoms with Gasteiger partial charge in [0.1, 0.15) is 23.3 Å². The van der Waals surface area contributed by atoms with E-state index in [0.29, 0.717) is 27.8 Å². The summed E-state index contributed by atoms with van der Waals surface area (Å²) in [6.07, 6.45) is 0. The summed E-state index contributed by atoms with van der Waals surface area (Å²) in [7, 11) is 0. The zero-order valence-electron chi connectivity index (χ0n) is 16.4. The van der Waals surface area contributed by atoms with Crippen LogP contribution in [-0.2, 0) is 9.59 Å². The minimum atomic E-state index is -0.889. The molecule has 1 aliphatic rings. The largest absolute Gasteiger partial charge is 0.507 e. The van der Waals surface area contributed by atoms with Crippen molar-refractivity contribution >= 4 is 46.1 Å². The fourth-order valence-electron chi connectivity index (χ4n) is 3.54. The molecule has 0 aliphatic carbocycles. The van der Waals surface area contributed by atoms with Crippen LogP contribution in [0.5, 0.6) is 11.5 Å². The van der Waals surface area contributed by atoms with Gasteiger partial charge in [-0.3, -0.25) is 14.5 Å². The van der Waals surface area contributed by atoms with Crippen LogP contribution in [0.25, 0.3) is 5.76 Å². The number of anilines is 1. The summed E-state index contributed by atoms with van der Waals surface area (Å²) < 4.78 is 5.48. The Balaban J connectivity index is 1.92. The first-order valence-corrected chi connectivity index (χ1v) is 10.7. The summed E-state index contributed by atoms with van der Waals surface area (Å²) in [6, 6.07) is 13.6. The third-order valence-electron chi connectivity index (χ3n) is 4.90. The number of phenolic OH excluding ortho intramolecular Hbond substituents is 1. The molecular weight excluding hydrogens is 438 g/mol. The van der Waals surface area contributed by atoms with E-state index in [1.54, 1.807) is 49.4 Å². The van der Waals surface area contributed by atoms with Crippen molar-refractivity contribution in [2.45, 2.75) is 13.0 Å². The number of ketones is 1. The Bertz CT molecular complexity index is 1190. The highest BCUT2D eigenvalue weighted by atomic mass is 35.5. The molecule has 1 amide bonds. The Morgan fingerprint density at radius 2 is 1.94 bits per heavy atom. The van der Waals surface area contributed by atoms with Crippen LogP contribution in [0.2, 0.25) is 5.02 Å². The number of benzene rings is 2. The number of Topliss-reactive ketones (excluding diaryl/α,β-unsaturated/α-hetero) is 1. The fourth-order valence-corrected chi connectivity index (χ4v) is 4.53. The topological polar surface area (TPSA) is 87.1 Å². The molecule has 158 valence electrons. The van der Waals surface area contributed by atoms with Gasteiger partial charge in [-0.1, -0.05) is 29.8 Å². The molecule has 2 aromatic carbocycles. The van der Waals surface area contributed by atoms with Crippen molar-refractivity contribution in [1.29, 1.82) is 0 Å². The van der Waals surface area contributed by atoms with E-state index in [-0.39, 0.29) is 22.8 Å². The smallest absolute Gasteiger partial charge is 0.300 e. The molecule has 2 N–H and O–H groups in total. The van der Waals surface area contributed by atoms with Gasteiger partial charge in [0, 0.05) is 10.4 Å². The van der Waals surface area contributed by atoms with Crippen LogP contribution in [-0.4, -0.2) is 28.5 Å². The van der Waals surface area contributed by atoms with Crippen molar-refractivity contribution in [3.63, 3.8) is 0 Å². The highest BCUT2D eigenvalue weighted by Crippen LogP contribution is 2.46. The monoisotopic (exact) mass is 455 g/mol. The molecule has 1 aromatic heterocycles. The van der Waals surface area contributed by atoms with Crippen molar-refractivity contribution < 1.29 is 24.5 Å². The van der Waals surface area contributed by atoms with Crippen molar-refractivity contribution in [1.82, 2.24) is 0 Å². The Morgan fingerprint density at radius 1 is 1.16 bits per heavy atom. The molecule has 0 saturated carbocycles. The molecule has 1 saturated heterocycles.